The van der Waals surface area contributed by atoms with Crippen molar-refractivity contribution in [2.75, 3.05) is 0 Å². The molecule has 0 aromatic heterocycles. The third-order valence-electron chi connectivity index (χ3n) is 2.25. The van der Waals surface area contributed by atoms with Crippen LogP contribution in [0.4, 0.5) is 0 Å². The molecule has 0 heterocycles. The van der Waals surface area contributed by atoms with Crippen LogP contribution in [0.2, 0.25) is 0 Å². The van der Waals surface area contributed by atoms with Gasteiger partial charge in [0, 0.05) is 5.38 Å². The van der Waals surface area contributed by atoms with Gasteiger partial charge in [0.15, 0.2) is 0 Å². The summed E-state index contributed by atoms with van der Waals surface area (Å²) < 4.78 is 0. The summed E-state index contributed by atoms with van der Waals surface area (Å²) in [7, 11) is 0. The van der Waals surface area contributed by atoms with Gasteiger partial charge in [0.1, 0.15) is 5.75 Å². The Kier molecular flexibility index (Phi) is 4.27. The summed E-state index contributed by atoms with van der Waals surface area (Å²) in [6.07, 6.45) is 2.06. The van der Waals surface area contributed by atoms with Gasteiger partial charge >= 0.3 is 0 Å². The molecule has 1 N–H and O–H groups in total. The van der Waals surface area contributed by atoms with Crippen LogP contribution in [-0.4, -0.2) is 10.5 Å². The van der Waals surface area contributed by atoms with E-state index in [4.69, 9.17) is 16.7 Å². The number of alkyl halides is 1. The maximum atomic E-state index is 9.12. The van der Waals surface area contributed by atoms with Crippen molar-refractivity contribution in [3.05, 3.63) is 29.8 Å². The van der Waals surface area contributed by atoms with Gasteiger partial charge in [0.25, 0.3) is 0 Å². The summed E-state index contributed by atoms with van der Waals surface area (Å²) in [5, 5.41) is 9.35. The molecule has 0 fully saturated rings. The van der Waals surface area contributed by atoms with Crippen LogP contribution in [0.25, 0.3) is 0 Å². The lowest BCUT2D eigenvalue weighted by atomic mass is 9.97. The van der Waals surface area contributed by atoms with E-state index in [0.717, 1.165) is 12.8 Å². The average molecular weight is 213 g/mol. The molecular weight excluding hydrogens is 196 g/mol. The molecule has 0 amide bonds. The van der Waals surface area contributed by atoms with Gasteiger partial charge in [0.2, 0.25) is 0 Å². The third kappa shape index (κ3) is 4.01. The molecule has 0 radical (unpaired) electrons. The van der Waals surface area contributed by atoms with E-state index in [1.807, 2.05) is 19.1 Å². The van der Waals surface area contributed by atoms with Crippen LogP contribution in [0.3, 0.4) is 0 Å². The van der Waals surface area contributed by atoms with Gasteiger partial charge in [-0.2, -0.15) is 0 Å². The summed E-state index contributed by atoms with van der Waals surface area (Å²) in [6, 6.07) is 7.38. The Bertz CT molecular complexity index is 266. The molecule has 0 aliphatic rings. The Morgan fingerprint density at radius 1 is 1.21 bits per heavy atom. The van der Waals surface area contributed by atoms with Crippen LogP contribution in [0.1, 0.15) is 25.8 Å². The summed E-state index contributed by atoms with van der Waals surface area (Å²) in [5.41, 5.74) is 1.26. The maximum absolute atomic E-state index is 9.12. The topological polar surface area (TPSA) is 20.2 Å². The van der Waals surface area contributed by atoms with Crippen molar-refractivity contribution in [2.24, 2.45) is 5.92 Å². The van der Waals surface area contributed by atoms with Gasteiger partial charge in [-0.15, -0.1) is 11.6 Å². The molecule has 14 heavy (non-hydrogen) atoms. The van der Waals surface area contributed by atoms with E-state index in [2.05, 4.69) is 6.92 Å². The number of rotatable bonds is 4. The highest BCUT2D eigenvalue weighted by Crippen LogP contribution is 2.18. The lowest BCUT2D eigenvalue weighted by Crippen LogP contribution is -2.05. The van der Waals surface area contributed by atoms with Gasteiger partial charge in [-0.3, -0.25) is 0 Å². The van der Waals surface area contributed by atoms with Crippen molar-refractivity contribution in [3.63, 3.8) is 0 Å². The van der Waals surface area contributed by atoms with Crippen LogP contribution < -0.4 is 0 Å². The molecule has 1 aromatic carbocycles. The number of phenols is 1. The van der Waals surface area contributed by atoms with E-state index in [9.17, 15) is 0 Å². The molecular formula is C12H17ClO. The van der Waals surface area contributed by atoms with E-state index >= 15 is 0 Å². The first-order chi connectivity index (χ1) is 6.58. The smallest absolute Gasteiger partial charge is 0.115 e. The molecule has 2 unspecified atom stereocenters. The summed E-state index contributed by atoms with van der Waals surface area (Å²) in [5.74, 6) is 0.916. The van der Waals surface area contributed by atoms with E-state index < -0.39 is 0 Å². The van der Waals surface area contributed by atoms with Crippen LogP contribution in [0.15, 0.2) is 24.3 Å². The zero-order chi connectivity index (χ0) is 10.6. The fourth-order valence-electron chi connectivity index (χ4n) is 1.67. The normalized spacial score (nSPS) is 15.1. The highest BCUT2D eigenvalue weighted by molar-refractivity contribution is 6.20. The number of phenolic OH excluding ortho intramolecular Hbond substituents is 1. The molecule has 0 saturated heterocycles. The Morgan fingerprint density at radius 2 is 1.79 bits per heavy atom. The zero-order valence-corrected chi connectivity index (χ0v) is 9.46. The second kappa shape index (κ2) is 5.26. The molecule has 2 atom stereocenters. The van der Waals surface area contributed by atoms with Gasteiger partial charge < -0.3 is 5.11 Å². The zero-order valence-electron chi connectivity index (χ0n) is 8.70. The van der Waals surface area contributed by atoms with E-state index in [1.54, 1.807) is 12.1 Å². The predicted molar refractivity (Wildman–Crippen MR) is 60.9 cm³/mol. The predicted octanol–water partition coefficient (Wildman–Crippen LogP) is 3.59. The average Bonchev–Trinajstić information content (AvgIpc) is 2.07. The summed E-state index contributed by atoms with van der Waals surface area (Å²) in [6.45, 7) is 4.22. The second-order valence-electron chi connectivity index (χ2n) is 3.99. The summed E-state index contributed by atoms with van der Waals surface area (Å²) >= 11 is 5.92. The van der Waals surface area contributed by atoms with Crippen molar-refractivity contribution < 1.29 is 5.11 Å². The Hall–Kier alpha value is -0.690. The molecule has 0 saturated carbocycles. The molecule has 1 nitrogen and oxygen atoms in total. The first kappa shape index (κ1) is 11.4. The van der Waals surface area contributed by atoms with Crippen molar-refractivity contribution in [1.29, 1.82) is 0 Å². The molecule has 2 heteroatoms. The first-order valence-corrected chi connectivity index (χ1v) is 5.43. The lowest BCUT2D eigenvalue weighted by molar-refractivity contribution is 0.474. The molecule has 78 valence electrons. The second-order valence-corrected chi connectivity index (χ2v) is 4.74. The molecule has 0 aliphatic carbocycles. The van der Waals surface area contributed by atoms with Gasteiger partial charge in [-0.05, 0) is 43.4 Å². The summed E-state index contributed by atoms with van der Waals surface area (Å²) in [4.78, 5) is 0. The standard InChI is InChI=1S/C12H17ClO/c1-9(7-10(2)13)8-11-3-5-12(14)6-4-11/h3-6,9-10,14H,7-8H2,1-2H3. The van der Waals surface area contributed by atoms with Crippen molar-refractivity contribution in [3.8, 4) is 5.75 Å². The molecule has 1 rings (SSSR count). The first-order valence-electron chi connectivity index (χ1n) is 5.00. The van der Waals surface area contributed by atoms with E-state index in [0.29, 0.717) is 11.7 Å². The Labute approximate surface area is 90.7 Å². The monoisotopic (exact) mass is 212 g/mol. The van der Waals surface area contributed by atoms with Gasteiger partial charge in [0.05, 0.1) is 0 Å². The highest BCUT2D eigenvalue weighted by atomic mass is 35.5. The van der Waals surface area contributed by atoms with Crippen LogP contribution in [0.5, 0.6) is 5.75 Å². The molecule has 1 aromatic rings. The highest BCUT2D eigenvalue weighted by Gasteiger charge is 2.07. The largest absolute Gasteiger partial charge is 0.508 e. The third-order valence-corrected chi connectivity index (χ3v) is 2.43. The SMILES string of the molecule is CC(Cl)CC(C)Cc1ccc(O)cc1. The van der Waals surface area contributed by atoms with Crippen molar-refractivity contribution in [1.82, 2.24) is 0 Å². The number of hydrogen-bond acceptors (Lipinski definition) is 1. The lowest BCUT2D eigenvalue weighted by Gasteiger charge is -2.12. The minimum atomic E-state index is 0.238. The molecule has 0 aliphatic heterocycles. The van der Waals surface area contributed by atoms with E-state index in [1.165, 1.54) is 5.56 Å². The molecule has 0 spiro atoms. The Balaban J connectivity index is 2.47. The number of benzene rings is 1. The van der Waals surface area contributed by atoms with E-state index in [-0.39, 0.29) is 5.38 Å². The number of hydrogen-bond donors (Lipinski definition) is 1. The number of halogens is 1. The number of aromatic hydroxyl groups is 1. The minimum Gasteiger partial charge on any atom is -0.508 e. The Morgan fingerprint density at radius 3 is 2.29 bits per heavy atom. The fourth-order valence-corrected chi connectivity index (χ4v) is 1.98. The van der Waals surface area contributed by atoms with Gasteiger partial charge in [-0.1, -0.05) is 19.1 Å². The quantitative estimate of drug-likeness (QED) is 0.757. The molecule has 0 bridgehead atoms. The van der Waals surface area contributed by atoms with Crippen LogP contribution >= 0.6 is 11.6 Å². The minimum absolute atomic E-state index is 0.238. The van der Waals surface area contributed by atoms with Gasteiger partial charge in [-0.25, -0.2) is 0 Å². The van der Waals surface area contributed by atoms with Crippen LogP contribution in [0, 0.1) is 5.92 Å². The van der Waals surface area contributed by atoms with Crippen molar-refractivity contribution in [2.45, 2.75) is 32.1 Å². The fraction of sp³-hybridized carbons (Fsp3) is 0.500. The van der Waals surface area contributed by atoms with Crippen LogP contribution in [-0.2, 0) is 6.42 Å². The maximum Gasteiger partial charge on any atom is 0.115 e. The van der Waals surface area contributed by atoms with Crippen molar-refractivity contribution >= 4 is 11.6 Å².